The third-order valence-corrected chi connectivity index (χ3v) is 8.40. The molecule has 0 N–H and O–H groups in total. The lowest BCUT2D eigenvalue weighted by Crippen LogP contribution is -2.31. The summed E-state index contributed by atoms with van der Waals surface area (Å²) >= 11 is 0. The van der Waals surface area contributed by atoms with E-state index in [1.807, 2.05) is 6.92 Å². The molecule has 2 atom stereocenters. The Morgan fingerprint density at radius 2 is 1.40 bits per heavy atom. The van der Waals surface area contributed by atoms with Crippen molar-refractivity contribution in [3.05, 3.63) is 59.5 Å². The Balaban J connectivity index is 1.87. The van der Waals surface area contributed by atoms with Crippen LogP contribution in [0.3, 0.4) is 0 Å². The molecule has 3 heteroatoms. The monoisotopic (exact) mass is 472 g/mol. The summed E-state index contributed by atoms with van der Waals surface area (Å²) in [5, 5.41) is 8.46. The molecule has 1 aliphatic rings. The van der Waals surface area contributed by atoms with Gasteiger partial charge < -0.3 is 4.42 Å². The van der Waals surface area contributed by atoms with E-state index in [1.165, 1.54) is 80.9 Å². The van der Waals surface area contributed by atoms with E-state index in [1.54, 1.807) is 5.56 Å². The molecule has 4 rings (SSSR count). The van der Waals surface area contributed by atoms with Gasteiger partial charge in [0.25, 0.3) is 0 Å². The van der Waals surface area contributed by atoms with E-state index < -0.39 is 0 Å². The smallest absolute Gasteiger partial charge is 0.247 e. The number of aryl methyl sites for hydroxylation is 1. The summed E-state index contributed by atoms with van der Waals surface area (Å²) in [6, 6.07) is 16.1. The van der Waals surface area contributed by atoms with Gasteiger partial charge >= 0.3 is 0 Å². The van der Waals surface area contributed by atoms with Crippen LogP contribution in [0.15, 0.2) is 46.9 Å². The van der Waals surface area contributed by atoms with Crippen molar-refractivity contribution in [1.82, 2.24) is 10.2 Å². The maximum atomic E-state index is 5.86. The molecule has 1 heterocycles. The van der Waals surface area contributed by atoms with E-state index in [4.69, 9.17) is 4.42 Å². The maximum absolute atomic E-state index is 5.86. The normalized spacial score (nSPS) is 18.3. The fraction of sp³-hybridized carbons (Fsp3) is 0.562. The van der Waals surface area contributed by atoms with Gasteiger partial charge in [-0.2, -0.15) is 0 Å². The van der Waals surface area contributed by atoms with E-state index in [0.29, 0.717) is 11.8 Å². The second-order valence-electron chi connectivity index (χ2n) is 10.8. The van der Waals surface area contributed by atoms with Crippen LogP contribution >= 0.6 is 0 Å². The van der Waals surface area contributed by atoms with Crippen LogP contribution in [0.2, 0.25) is 0 Å². The Bertz CT molecular complexity index is 1080. The summed E-state index contributed by atoms with van der Waals surface area (Å²) in [7, 11) is 0. The number of benzene rings is 2. The first kappa shape index (κ1) is 25.7. The van der Waals surface area contributed by atoms with Gasteiger partial charge in [-0.05, 0) is 59.1 Å². The van der Waals surface area contributed by atoms with Crippen molar-refractivity contribution >= 4 is 0 Å². The SMILES string of the molecule is CCCCC(CC)CC1(CC(CC)CCCC)c2ccccc2-c2ccc(-c3nnc(C)o3)cc21. The highest BCUT2D eigenvalue weighted by Gasteiger charge is 2.45. The number of hydrogen-bond acceptors (Lipinski definition) is 3. The van der Waals surface area contributed by atoms with Crippen LogP contribution in [0.1, 0.15) is 109 Å². The molecule has 35 heavy (non-hydrogen) atoms. The van der Waals surface area contributed by atoms with Gasteiger partial charge in [0.1, 0.15) is 0 Å². The summed E-state index contributed by atoms with van der Waals surface area (Å²) in [6.45, 7) is 11.3. The number of rotatable bonds is 13. The minimum Gasteiger partial charge on any atom is -0.421 e. The number of fused-ring (bicyclic) bond motifs is 3. The topological polar surface area (TPSA) is 38.9 Å². The molecule has 0 spiro atoms. The molecular formula is C32H44N2O. The van der Waals surface area contributed by atoms with Crippen LogP contribution < -0.4 is 0 Å². The van der Waals surface area contributed by atoms with Crippen LogP contribution in [-0.4, -0.2) is 10.2 Å². The summed E-state index contributed by atoms with van der Waals surface area (Å²) in [6.07, 6.45) is 12.7. The molecule has 0 aliphatic heterocycles. The zero-order valence-corrected chi connectivity index (χ0v) is 22.6. The second kappa shape index (κ2) is 11.5. The van der Waals surface area contributed by atoms with Crippen LogP contribution in [0.4, 0.5) is 0 Å². The van der Waals surface area contributed by atoms with Crippen LogP contribution in [0.5, 0.6) is 0 Å². The summed E-state index contributed by atoms with van der Waals surface area (Å²) in [5.41, 5.74) is 6.93. The maximum Gasteiger partial charge on any atom is 0.247 e. The van der Waals surface area contributed by atoms with Gasteiger partial charge in [0.05, 0.1) is 0 Å². The van der Waals surface area contributed by atoms with Gasteiger partial charge in [-0.15, -0.1) is 10.2 Å². The van der Waals surface area contributed by atoms with Crippen molar-refractivity contribution in [2.45, 2.75) is 104 Å². The van der Waals surface area contributed by atoms with Gasteiger partial charge in [0, 0.05) is 17.9 Å². The number of unbranched alkanes of at least 4 members (excludes halogenated alkanes) is 2. The lowest BCUT2D eigenvalue weighted by molar-refractivity contribution is 0.266. The van der Waals surface area contributed by atoms with E-state index in [9.17, 15) is 0 Å². The summed E-state index contributed by atoms with van der Waals surface area (Å²) in [5.74, 6) is 2.70. The van der Waals surface area contributed by atoms with Crippen molar-refractivity contribution in [3.63, 3.8) is 0 Å². The van der Waals surface area contributed by atoms with Crippen molar-refractivity contribution < 1.29 is 4.42 Å². The first-order valence-corrected chi connectivity index (χ1v) is 14.1. The fourth-order valence-electron chi connectivity index (χ4n) is 6.40. The van der Waals surface area contributed by atoms with E-state index in [-0.39, 0.29) is 5.41 Å². The van der Waals surface area contributed by atoms with Gasteiger partial charge in [0.2, 0.25) is 11.8 Å². The number of hydrogen-bond donors (Lipinski definition) is 0. The lowest BCUT2D eigenvalue weighted by atomic mass is 9.65. The molecule has 188 valence electrons. The van der Waals surface area contributed by atoms with Gasteiger partial charge in [-0.3, -0.25) is 0 Å². The first-order valence-electron chi connectivity index (χ1n) is 14.1. The summed E-state index contributed by atoms with van der Waals surface area (Å²) < 4.78 is 5.86. The Morgan fingerprint density at radius 3 is 1.97 bits per heavy atom. The predicted octanol–water partition coefficient (Wildman–Crippen LogP) is 9.52. The van der Waals surface area contributed by atoms with Crippen LogP contribution in [0.25, 0.3) is 22.6 Å². The van der Waals surface area contributed by atoms with Crippen molar-refractivity contribution in [1.29, 1.82) is 0 Å². The highest BCUT2D eigenvalue weighted by atomic mass is 16.4. The molecule has 0 fully saturated rings. The van der Waals surface area contributed by atoms with E-state index >= 15 is 0 Å². The van der Waals surface area contributed by atoms with Crippen molar-refractivity contribution in [2.24, 2.45) is 11.8 Å². The van der Waals surface area contributed by atoms with Crippen molar-refractivity contribution in [3.8, 4) is 22.6 Å². The highest BCUT2D eigenvalue weighted by Crippen LogP contribution is 2.56. The van der Waals surface area contributed by atoms with E-state index in [2.05, 4.69) is 80.4 Å². The van der Waals surface area contributed by atoms with Crippen LogP contribution in [0, 0.1) is 18.8 Å². The van der Waals surface area contributed by atoms with Gasteiger partial charge in [-0.25, -0.2) is 0 Å². The largest absolute Gasteiger partial charge is 0.421 e. The Morgan fingerprint density at radius 1 is 0.771 bits per heavy atom. The van der Waals surface area contributed by atoms with Crippen molar-refractivity contribution in [2.75, 3.05) is 0 Å². The molecule has 0 radical (unpaired) electrons. The molecular weight excluding hydrogens is 428 g/mol. The Hall–Kier alpha value is -2.42. The summed E-state index contributed by atoms with van der Waals surface area (Å²) in [4.78, 5) is 0. The number of nitrogens with zero attached hydrogens (tertiary/aromatic N) is 2. The molecule has 2 aromatic carbocycles. The molecule has 0 saturated heterocycles. The average molecular weight is 473 g/mol. The van der Waals surface area contributed by atoms with Crippen LogP contribution in [-0.2, 0) is 5.41 Å². The van der Waals surface area contributed by atoms with E-state index in [0.717, 1.165) is 17.4 Å². The van der Waals surface area contributed by atoms with Gasteiger partial charge in [0.15, 0.2) is 0 Å². The third kappa shape index (κ3) is 5.25. The second-order valence-corrected chi connectivity index (χ2v) is 10.8. The molecule has 1 aromatic heterocycles. The van der Waals surface area contributed by atoms with Gasteiger partial charge in [-0.1, -0.05) is 109 Å². The minimum atomic E-state index is 0.0415. The Kier molecular flexibility index (Phi) is 8.46. The molecule has 3 aromatic rings. The standard InChI is InChI=1S/C32H44N2O/c1-6-10-14-24(8-3)21-32(22-25(9-4)15-11-7-2)29-17-13-12-16-27(29)28-19-18-26(20-30(28)32)31-34-33-23(5)35-31/h12-13,16-20,24-25H,6-11,14-15,21-22H2,1-5H3. The molecule has 2 unspecified atom stereocenters. The quantitative estimate of drug-likeness (QED) is 0.248. The zero-order valence-electron chi connectivity index (χ0n) is 22.6. The highest BCUT2D eigenvalue weighted by molar-refractivity contribution is 5.83. The lowest BCUT2D eigenvalue weighted by Gasteiger charge is -2.38. The third-order valence-electron chi connectivity index (χ3n) is 8.40. The fourth-order valence-corrected chi connectivity index (χ4v) is 6.40. The minimum absolute atomic E-state index is 0.0415. The zero-order chi connectivity index (χ0) is 24.8. The molecule has 3 nitrogen and oxygen atoms in total. The number of aromatic nitrogens is 2. The molecule has 0 amide bonds. The first-order chi connectivity index (χ1) is 17.1. The molecule has 0 bridgehead atoms. The predicted molar refractivity (Wildman–Crippen MR) is 147 cm³/mol. The average Bonchev–Trinajstić information content (AvgIpc) is 3.44. The molecule has 1 aliphatic carbocycles. The molecule has 0 saturated carbocycles. The Labute approximate surface area is 212 Å².